The van der Waals surface area contributed by atoms with Gasteiger partial charge in [0.05, 0.1) is 24.1 Å². The molecular weight excluding hydrogens is 442 g/mol. The van der Waals surface area contributed by atoms with Crippen LogP contribution in [0.2, 0.25) is 0 Å². The van der Waals surface area contributed by atoms with E-state index < -0.39 is 5.60 Å². The molecule has 35 heavy (non-hydrogen) atoms. The minimum atomic E-state index is -0.460. The molecule has 0 bridgehead atoms. The average molecular weight is 470 g/mol. The maximum absolute atomic E-state index is 13.3. The van der Waals surface area contributed by atoms with Crippen LogP contribution in [0.5, 0.6) is 17.2 Å². The van der Waals surface area contributed by atoms with Crippen molar-refractivity contribution in [3.05, 3.63) is 83.2 Å². The zero-order valence-electron chi connectivity index (χ0n) is 19.5. The first-order chi connectivity index (χ1) is 17.1. The first-order valence-electron chi connectivity index (χ1n) is 12.3. The summed E-state index contributed by atoms with van der Waals surface area (Å²) < 4.78 is 18.6. The second-order valence-corrected chi connectivity index (χ2v) is 9.68. The Morgan fingerprint density at radius 1 is 0.971 bits per heavy atom. The first-order valence-corrected chi connectivity index (χ1v) is 12.3. The predicted molar refractivity (Wildman–Crippen MR) is 129 cm³/mol. The highest BCUT2D eigenvalue weighted by molar-refractivity contribution is 6.01. The van der Waals surface area contributed by atoms with Crippen LogP contribution >= 0.6 is 0 Å². The molecule has 6 heteroatoms. The van der Waals surface area contributed by atoms with Gasteiger partial charge in [0.1, 0.15) is 29.5 Å². The number of carbonyl (C=O) groups excluding carboxylic acids is 2. The average Bonchev–Trinajstić information content (AvgIpc) is 2.88. The SMILES string of the molecule is O=C1C[C@@H](c2ccccc2OCc2ccccn2)c2c(ccc3c2OC2(CCCCC2)CC3=O)O1. The van der Waals surface area contributed by atoms with Crippen LogP contribution in [0.4, 0.5) is 0 Å². The summed E-state index contributed by atoms with van der Waals surface area (Å²) in [5, 5.41) is 0. The zero-order valence-corrected chi connectivity index (χ0v) is 19.5. The Balaban J connectivity index is 1.42. The molecule has 0 N–H and O–H groups in total. The zero-order chi connectivity index (χ0) is 23.8. The van der Waals surface area contributed by atoms with Crippen LogP contribution in [0.3, 0.4) is 0 Å². The molecule has 3 heterocycles. The molecule has 3 aliphatic rings. The molecule has 3 aromatic rings. The van der Waals surface area contributed by atoms with Gasteiger partial charge in [-0.15, -0.1) is 0 Å². The van der Waals surface area contributed by atoms with Gasteiger partial charge < -0.3 is 14.2 Å². The number of hydrogen-bond donors (Lipinski definition) is 0. The lowest BCUT2D eigenvalue weighted by Crippen LogP contribution is -2.44. The van der Waals surface area contributed by atoms with E-state index in [0.717, 1.165) is 42.5 Å². The summed E-state index contributed by atoms with van der Waals surface area (Å²) in [5.74, 6) is 1.18. The fourth-order valence-corrected chi connectivity index (χ4v) is 5.68. The molecule has 6 nitrogen and oxygen atoms in total. The number of carbonyl (C=O) groups is 2. The highest BCUT2D eigenvalue weighted by atomic mass is 16.5. The molecule has 1 saturated carbocycles. The maximum atomic E-state index is 13.3. The molecule has 1 aliphatic carbocycles. The number of fused-ring (bicyclic) bond motifs is 3. The fraction of sp³-hybridized carbons (Fsp3) is 0.345. The van der Waals surface area contributed by atoms with Gasteiger partial charge in [-0.05, 0) is 56.0 Å². The van der Waals surface area contributed by atoms with E-state index in [1.165, 1.54) is 6.42 Å². The molecule has 2 aromatic carbocycles. The number of pyridine rings is 1. The lowest BCUT2D eigenvalue weighted by atomic mass is 9.76. The van der Waals surface area contributed by atoms with E-state index in [-0.39, 0.29) is 24.1 Å². The number of rotatable bonds is 4. The van der Waals surface area contributed by atoms with Crippen LogP contribution in [0, 0.1) is 0 Å². The Hall–Kier alpha value is -3.67. The van der Waals surface area contributed by atoms with Gasteiger partial charge in [-0.25, -0.2) is 0 Å². The summed E-state index contributed by atoms with van der Waals surface area (Å²) in [6.45, 7) is 0.312. The van der Waals surface area contributed by atoms with Crippen LogP contribution in [0.25, 0.3) is 0 Å². The van der Waals surface area contributed by atoms with Gasteiger partial charge in [0.25, 0.3) is 0 Å². The lowest BCUT2D eigenvalue weighted by Gasteiger charge is -2.42. The van der Waals surface area contributed by atoms with Crippen molar-refractivity contribution in [1.29, 1.82) is 0 Å². The van der Waals surface area contributed by atoms with Crippen LogP contribution in [0.15, 0.2) is 60.8 Å². The largest absolute Gasteiger partial charge is 0.487 e. The minimum absolute atomic E-state index is 0.103. The summed E-state index contributed by atoms with van der Waals surface area (Å²) in [7, 11) is 0. The van der Waals surface area contributed by atoms with Crippen molar-refractivity contribution in [3.8, 4) is 17.2 Å². The summed E-state index contributed by atoms with van der Waals surface area (Å²) in [4.78, 5) is 30.2. The third-order valence-corrected chi connectivity index (χ3v) is 7.36. The topological polar surface area (TPSA) is 74.7 Å². The smallest absolute Gasteiger partial charge is 0.312 e. The van der Waals surface area contributed by atoms with Gasteiger partial charge in [-0.3, -0.25) is 14.6 Å². The number of ketones is 1. The van der Waals surface area contributed by atoms with E-state index in [4.69, 9.17) is 14.2 Å². The van der Waals surface area contributed by atoms with Gasteiger partial charge >= 0.3 is 5.97 Å². The van der Waals surface area contributed by atoms with E-state index in [9.17, 15) is 9.59 Å². The van der Waals surface area contributed by atoms with E-state index in [1.54, 1.807) is 18.3 Å². The summed E-state index contributed by atoms with van der Waals surface area (Å²) in [6, 6.07) is 16.9. The number of para-hydroxylation sites is 1. The Labute approximate surface area is 204 Å². The molecule has 1 spiro atoms. The third kappa shape index (κ3) is 4.07. The molecule has 1 atom stereocenters. The van der Waals surface area contributed by atoms with Crippen molar-refractivity contribution < 1.29 is 23.8 Å². The first kappa shape index (κ1) is 21.8. The van der Waals surface area contributed by atoms with Crippen molar-refractivity contribution in [1.82, 2.24) is 4.98 Å². The Kier molecular flexibility index (Phi) is 5.51. The standard InChI is InChI=1S/C29H27NO5/c31-23-17-29(13-5-1-6-14-29)35-28-21(23)11-12-25-27(28)22(16-26(32)34-25)20-9-2-3-10-24(20)33-18-19-8-4-7-15-30-19/h2-4,7-12,15,22H,1,5-6,13-14,16-18H2/t22-/m0/s1. The molecule has 6 rings (SSSR count). The molecule has 2 aliphatic heterocycles. The lowest BCUT2D eigenvalue weighted by molar-refractivity contribution is -0.135. The number of benzene rings is 2. The fourth-order valence-electron chi connectivity index (χ4n) is 5.68. The minimum Gasteiger partial charge on any atom is -0.487 e. The molecule has 178 valence electrons. The molecule has 0 amide bonds. The van der Waals surface area contributed by atoms with Crippen molar-refractivity contribution in [2.75, 3.05) is 0 Å². The second kappa shape index (κ2) is 8.84. The number of aromatic nitrogens is 1. The number of ether oxygens (including phenoxy) is 3. The molecule has 0 unspecified atom stereocenters. The molecule has 0 radical (unpaired) electrons. The van der Waals surface area contributed by atoms with Gasteiger partial charge in [0.2, 0.25) is 0 Å². The molecule has 1 fully saturated rings. The highest BCUT2D eigenvalue weighted by Crippen LogP contribution is 2.52. The maximum Gasteiger partial charge on any atom is 0.312 e. The van der Waals surface area contributed by atoms with Crippen LogP contribution in [-0.4, -0.2) is 22.3 Å². The quantitative estimate of drug-likeness (QED) is 0.357. The molecule has 0 saturated heterocycles. The monoisotopic (exact) mass is 469 g/mol. The van der Waals surface area contributed by atoms with Gasteiger partial charge in [0, 0.05) is 23.2 Å². The third-order valence-electron chi connectivity index (χ3n) is 7.36. The van der Waals surface area contributed by atoms with Gasteiger partial charge in [-0.1, -0.05) is 30.7 Å². The second-order valence-electron chi connectivity index (χ2n) is 9.68. The van der Waals surface area contributed by atoms with Crippen LogP contribution in [-0.2, 0) is 11.4 Å². The Morgan fingerprint density at radius 2 is 1.80 bits per heavy atom. The van der Waals surface area contributed by atoms with Crippen molar-refractivity contribution in [2.24, 2.45) is 0 Å². The summed E-state index contributed by atoms with van der Waals surface area (Å²) in [6.07, 6.45) is 7.32. The number of Topliss-reactive ketones (excluding diaryl/α,β-unsaturated/α-hetero) is 1. The number of nitrogens with zero attached hydrogens (tertiary/aromatic N) is 1. The van der Waals surface area contributed by atoms with Crippen molar-refractivity contribution >= 4 is 11.8 Å². The van der Waals surface area contributed by atoms with Crippen molar-refractivity contribution in [3.63, 3.8) is 0 Å². The van der Waals surface area contributed by atoms with Crippen LogP contribution in [0.1, 0.15) is 78.0 Å². The van der Waals surface area contributed by atoms with E-state index in [1.807, 2.05) is 42.5 Å². The Bertz CT molecular complexity index is 1280. The summed E-state index contributed by atoms with van der Waals surface area (Å²) in [5.41, 5.74) is 2.58. The molecule has 1 aromatic heterocycles. The number of esters is 1. The highest BCUT2D eigenvalue weighted by Gasteiger charge is 2.45. The summed E-state index contributed by atoms with van der Waals surface area (Å²) >= 11 is 0. The van der Waals surface area contributed by atoms with Crippen LogP contribution < -0.4 is 14.2 Å². The number of hydrogen-bond acceptors (Lipinski definition) is 6. The van der Waals surface area contributed by atoms with Gasteiger partial charge in [-0.2, -0.15) is 0 Å². The van der Waals surface area contributed by atoms with E-state index in [0.29, 0.717) is 35.8 Å². The molecular formula is C29H27NO5. The predicted octanol–water partition coefficient (Wildman–Crippen LogP) is 5.77. The van der Waals surface area contributed by atoms with E-state index in [2.05, 4.69) is 4.98 Å². The van der Waals surface area contributed by atoms with Gasteiger partial charge in [0.15, 0.2) is 5.78 Å². The van der Waals surface area contributed by atoms with Crippen molar-refractivity contribution in [2.45, 2.75) is 63.1 Å². The Morgan fingerprint density at radius 3 is 2.63 bits per heavy atom. The van der Waals surface area contributed by atoms with E-state index >= 15 is 0 Å². The normalized spacial score (nSPS) is 20.4.